The molecule has 0 bridgehead atoms. The number of methoxy groups -OCH3 is 1. The highest BCUT2D eigenvalue weighted by Crippen LogP contribution is 2.37. The molecule has 1 N–H and O–H groups in total. The topological polar surface area (TPSA) is 84.9 Å². The molecule has 31 heavy (non-hydrogen) atoms. The van der Waals surface area contributed by atoms with Crippen LogP contribution in [0.15, 0.2) is 64.5 Å². The number of nitrogens with one attached hydrogen (secondary N) is 1. The van der Waals surface area contributed by atoms with E-state index in [9.17, 15) is 14.4 Å². The highest BCUT2D eigenvalue weighted by molar-refractivity contribution is 9.10. The number of amides is 3. The fourth-order valence-corrected chi connectivity index (χ4v) is 3.99. The maximum atomic E-state index is 12.8. The number of nitrogens with zero attached hydrogens (tertiary/aromatic N) is 1. The molecule has 160 valence electrons. The molecule has 0 aromatic heterocycles. The molecule has 1 fully saturated rings. The first-order valence-corrected chi connectivity index (χ1v) is 10.8. The monoisotopic (exact) mass is 502 g/mol. The Balaban J connectivity index is 1.78. The number of carbonyl (C=O) groups is 3. The standard InChI is InChI=1S/C22H19BrN2O5S/c1-3-11-30-20-14(7-6-10-17(20)29-2)12-18-21(27)25(22(28)31-18)13-19(26)24-16-9-5-4-8-15(16)23/h3-10,12H,1,11,13H2,2H3,(H,24,26)/b18-12-. The van der Waals surface area contributed by atoms with Crippen molar-refractivity contribution in [2.75, 3.05) is 25.6 Å². The van der Waals surface area contributed by atoms with Crippen molar-refractivity contribution < 1.29 is 23.9 Å². The summed E-state index contributed by atoms with van der Waals surface area (Å²) in [7, 11) is 1.51. The van der Waals surface area contributed by atoms with Crippen LogP contribution in [0.2, 0.25) is 0 Å². The summed E-state index contributed by atoms with van der Waals surface area (Å²) in [6, 6.07) is 12.3. The van der Waals surface area contributed by atoms with Gasteiger partial charge in [-0.05, 0) is 52.0 Å². The van der Waals surface area contributed by atoms with Gasteiger partial charge in [-0.3, -0.25) is 19.3 Å². The van der Waals surface area contributed by atoms with Crippen molar-refractivity contribution in [2.45, 2.75) is 0 Å². The first kappa shape index (κ1) is 22.6. The summed E-state index contributed by atoms with van der Waals surface area (Å²) in [5.41, 5.74) is 1.12. The fourth-order valence-electron chi connectivity index (χ4n) is 2.78. The molecule has 7 nitrogen and oxygen atoms in total. The molecule has 1 aliphatic rings. The van der Waals surface area contributed by atoms with Gasteiger partial charge in [-0.2, -0.15) is 0 Å². The van der Waals surface area contributed by atoms with E-state index >= 15 is 0 Å². The maximum Gasteiger partial charge on any atom is 0.294 e. The minimum Gasteiger partial charge on any atom is -0.493 e. The smallest absolute Gasteiger partial charge is 0.294 e. The van der Waals surface area contributed by atoms with Crippen molar-refractivity contribution >= 4 is 56.5 Å². The van der Waals surface area contributed by atoms with Gasteiger partial charge >= 0.3 is 0 Å². The van der Waals surface area contributed by atoms with E-state index in [1.807, 2.05) is 6.07 Å². The zero-order valence-corrected chi connectivity index (χ0v) is 19.0. The van der Waals surface area contributed by atoms with Crippen LogP contribution in [0.25, 0.3) is 6.08 Å². The molecule has 1 heterocycles. The zero-order valence-electron chi connectivity index (χ0n) is 16.6. The van der Waals surface area contributed by atoms with Gasteiger partial charge in [0.15, 0.2) is 11.5 Å². The van der Waals surface area contributed by atoms with E-state index in [0.717, 1.165) is 16.7 Å². The Morgan fingerprint density at radius 2 is 2.00 bits per heavy atom. The van der Waals surface area contributed by atoms with E-state index in [1.54, 1.807) is 48.6 Å². The van der Waals surface area contributed by atoms with E-state index in [-0.39, 0.29) is 18.1 Å². The summed E-state index contributed by atoms with van der Waals surface area (Å²) >= 11 is 4.11. The van der Waals surface area contributed by atoms with Crippen LogP contribution in [0.5, 0.6) is 11.5 Å². The molecule has 0 unspecified atom stereocenters. The minimum absolute atomic E-state index is 0.190. The summed E-state index contributed by atoms with van der Waals surface area (Å²) in [5, 5.41) is 2.16. The van der Waals surface area contributed by atoms with Gasteiger partial charge in [0.05, 0.1) is 17.7 Å². The zero-order chi connectivity index (χ0) is 22.4. The molecule has 0 atom stereocenters. The van der Waals surface area contributed by atoms with Gasteiger partial charge in [-0.1, -0.05) is 36.9 Å². The third-order valence-electron chi connectivity index (χ3n) is 4.18. The van der Waals surface area contributed by atoms with Crippen molar-refractivity contribution in [3.63, 3.8) is 0 Å². The average molecular weight is 503 g/mol. The Bertz CT molecular complexity index is 1070. The third-order valence-corrected chi connectivity index (χ3v) is 5.78. The van der Waals surface area contributed by atoms with Crippen LogP contribution in [-0.2, 0) is 9.59 Å². The number of benzene rings is 2. The second-order valence-corrected chi connectivity index (χ2v) is 8.12. The van der Waals surface area contributed by atoms with Crippen molar-refractivity contribution in [1.82, 2.24) is 4.90 Å². The Morgan fingerprint density at radius 3 is 2.71 bits per heavy atom. The number of thioether (sulfide) groups is 1. The van der Waals surface area contributed by atoms with E-state index in [1.165, 1.54) is 7.11 Å². The van der Waals surface area contributed by atoms with Crippen molar-refractivity contribution in [2.24, 2.45) is 0 Å². The quantitative estimate of drug-likeness (QED) is 0.416. The lowest BCUT2D eigenvalue weighted by Crippen LogP contribution is -2.36. The van der Waals surface area contributed by atoms with Crippen LogP contribution in [0, 0.1) is 0 Å². The highest BCUT2D eigenvalue weighted by Gasteiger charge is 2.36. The van der Waals surface area contributed by atoms with E-state index in [2.05, 4.69) is 27.8 Å². The van der Waals surface area contributed by atoms with Crippen LogP contribution in [-0.4, -0.2) is 42.2 Å². The van der Waals surface area contributed by atoms with Gasteiger partial charge < -0.3 is 14.8 Å². The van der Waals surface area contributed by atoms with Crippen LogP contribution in [0.4, 0.5) is 10.5 Å². The molecule has 9 heteroatoms. The molecule has 3 amide bonds. The molecule has 3 rings (SSSR count). The molecule has 0 radical (unpaired) electrons. The maximum absolute atomic E-state index is 12.8. The van der Waals surface area contributed by atoms with Crippen LogP contribution in [0.3, 0.4) is 0 Å². The van der Waals surface area contributed by atoms with E-state index in [0.29, 0.717) is 27.2 Å². The normalized spacial score (nSPS) is 14.6. The molecule has 2 aromatic rings. The summed E-state index contributed by atoms with van der Waals surface area (Å²) in [5.74, 6) is -0.104. The predicted molar refractivity (Wildman–Crippen MR) is 124 cm³/mol. The molecule has 0 spiro atoms. The number of halogens is 1. The lowest BCUT2D eigenvalue weighted by atomic mass is 10.1. The second kappa shape index (κ2) is 10.3. The lowest BCUT2D eigenvalue weighted by molar-refractivity contribution is -0.127. The molecule has 1 saturated heterocycles. The number of hydrogen-bond donors (Lipinski definition) is 1. The van der Waals surface area contributed by atoms with E-state index in [4.69, 9.17) is 9.47 Å². The van der Waals surface area contributed by atoms with Crippen LogP contribution in [0.1, 0.15) is 5.56 Å². The molecular weight excluding hydrogens is 484 g/mol. The Hall–Kier alpha value is -3.04. The number of ether oxygens (including phenoxy) is 2. The number of anilines is 1. The van der Waals surface area contributed by atoms with Crippen molar-refractivity contribution in [3.05, 3.63) is 70.1 Å². The Kier molecular flexibility index (Phi) is 7.54. The first-order valence-electron chi connectivity index (χ1n) is 9.15. The van der Waals surface area contributed by atoms with Gasteiger partial charge in [0.25, 0.3) is 11.1 Å². The molecule has 0 aliphatic carbocycles. The molecular formula is C22H19BrN2O5S. The van der Waals surface area contributed by atoms with Crippen molar-refractivity contribution in [1.29, 1.82) is 0 Å². The Morgan fingerprint density at radius 1 is 1.23 bits per heavy atom. The number of para-hydroxylation sites is 2. The lowest BCUT2D eigenvalue weighted by Gasteiger charge is -2.13. The van der Waals surface area contributed by atoms with Crippen molar-refractivity contribution in [3.8, 4) is 11.5 Å². The minimum atomic E-state index is -0.547. The Labute approximate surface area is 192 Å². The summed E-state index contributed by atoms with van der Waals surface area (Å²) < 4.78 is 11.7. The van der Waals surface area contributed by atoms with Gasteiger partial charge in [0.2, 0.25) is 5.91 Å². The summed E-state index contributed by atoms with van der Waals surface area (Å²) in [4.78, 5) is 38.7. The van der Waals surface area contributed by atoms with Gasteiger partial charge in [0, 0.05) is 10.0 Å². The number of rotatable bonds is 8. The number of imide groups is 1. The molecule has 0 saturated carbocycles. The molecule has 2 aromatic carbocycles. The first-order chi connectivity index (χ1) is 14.9. The van der Waals surface area contributed by atoms with Crippen LogP contribution < -0.4 is 14.8 Å². The van der Waals surface area contributed by atoms with Crippen LogP contribution >= 0.6 is 27.7 Å². The second-order valence-electron chi connectivity index (χ2n) is 6.27. The van der Waals surface area contributed by atoms with Gasteiger partial charge in [-0.15, -0.1) is 0 Å². The number of carbonyl (C=O) groups excluding carboxylic acids is 3. The molecule has 1 aliphatic heterocycles. The average Bonchev–Trinajstić information content (AvgIpc) is 3.01. The largest absolute Gasteiger partial charge is 0.493 e. The third kappa shape index (κ3) is 5.36. The highest BCUT2D eigenvalue weighted by atomic mass is 79.9. The number of hydrogen-bond acceptors (Lipinski definition) is 6. The SMILES string of the molecule is C=CCOc1c(/C=C2\SC(=O)N(CC(=O)Nc3ccccc3Br)C2=O)cccc1OC. The van der Waals surface area contributed by atoms with Gasteiger partial charge in [0.1, 0.15) is 13.2 Å². The predicted octanol–water partition coefficient (Wildman–Crippen LogP) is 4.70. The summed E-state index contributed by atoms with van der Waals surface area (Å²) in [6.45, 7) is 3.49. The summed E-state index contributed by atoms with van der Waals surface area (Å²) in [6.07, 6.45) is 3.14. The van der Waals surface area contributed by atoms with E-state index < -0.39 is 17.1 Å². The fraction of sp³-hybridized carbons (Fsp3) is 0.136. The van der Waals surface area contributed by atoms with Gasteiger partial charge in [-0.25, -0.2) is 0 Å².